The molecule has 0 spiro atoms. The fourth-order valence-electron chi connectivity index (χ4n) is 9.48. The first-order chi connectivity index (χ1) is 31.4. The quantitative estimate of drug-likeness (QED) is 0.0697. The number of ether oxygens (including phenoxy) is 2. The van der Waals surface area contributed by atoms with Crippen molar-refractivity contribution in [1.29, 1.82) is 0 Å². The maximum atomic E-state index is 15.2. The summed E-state index contributed by atoms with van der Waals surface area (Å²) in [5.74, 6) is -1.20. The van der Waals surface area contributed by atoms with E-state index in [9.17, 15) is 19.2 Å². The molecule has 360 valence electrons. The van der Waals surface area contributed by atoms with E-state index >= 15 is 8.78 Å². The molecule has 2 aliphatic carbocycles. The van der Waals surface area contributed by atoms with E-state index in [0.717, 1.165) is 22.1 Å². The molecule has 14 nitrogen and oxygen atoms in total. The molecule has 4 amide bonds. The highest BCUT2D eigenvalue weighted by molar-refractivity contribution is 14.1. The number of fused-ring (bicyclic) bond motifs is 6. The van der Waals surface area contributed by atoms with E-state index < -0.39 is 22.8 Å². The van der Waals surface area contributed by atoms with Gasteiger partial charge in [0.25, 0.3) is 0 Å². The van der Waals surface area contributed by atoms with Gasteiger partial charge in [-0.25, -0.2) is 28.3 Å². The number of nitrogens with one attached hydrogen (secondary N) is 3. The van der Waals surface area contributed by atoms with E-state index in [1.165, 1.54) is 23.5 Å². The molecule has 0 radical (unpaired) electrons. The van der Waals surface area contributed by atoms with Gasteiger partial charge in [-0.3, -0.25) is 9.59 Å². The van der Waals surface area contributed by atoms with E-state index in [0.29, 0.717) is 63.5 Å². The highest BCUT2D eigenvalue weighted by atomic mass is 127. The largest absolute Gasteiger partial charge is 0.444 e. The molecule has 2 saturated carbocycles. The van der Waals surface area contributed by atoms with Crippen LogP contribution in [0, 0.1) is 30.6 Å². The SMILES string of the molecule is CSc1nc2c(F)c(Br)c(I)cc2c(NC2C3CC2N(C(=O)OC(C)(C)C)C3)c1NC(=O)CCl.CSc1nc2c(F)c(Br)c(I)cc2c2c1NC(=O)CN2C1C2CC1N(C(=O)OC(C)(C)C)C2. The Hall–Kier alpha value is -2.39. The third-order valence-electron chi connectivity index (χ3n) is 12.3. The number of thioether (sulfide) groups is 2. The topological polar surface area (TPSA) is 158 Å². The first kappa shape index (κ1) is 51.0. The van der Waals surface area contributed by atoms with Gasteiger partial charge in [0.15, 0.2) is 11.6 Å². The average Bonchev–Trinajstić information content (AvgIpc) is 4.05. The number of anilines is 4. The zero-order valence-corrected chi connectivity index (χ0v) is 47.4. The second-order valence-electron chi connectivity index (χ2n) is 18.9. The Balaban J connectivity index is 0.000000182. The van der Waals surface area contributed by atoms with Gasteiger partial charge in [0.2, 0.25) is 11.8 Å². The van der Waals surface area contributed by atoms with Crippen molar-refractivity contribution in [3.63, 3.8) is 0 Å². The molecular weight excluding hydrogens is 1290 g/mol. The second kappa shape index (κ2) is 19.3. The Morgan fingerprint density at radius 3 is 1.94 bits per heavy atom. The molecule has 7 heterocycles. The van der Waals surface area contributed by atoms with Crippen LogP contribution in [-0.2, 0) is 19.1 Å². The smallest absolute Gasteiger partial charge is 0.410 e. The summed E-state index contributed by atoms with van der Waals surface area (Å²) in [7, 11) is 0. The molecule has 4 saturated heterocycles. The van der Waals surface area contributed by atoms with Crippen LogP contribution in [0.5, 0.6) is 0 Å². The van der Waals surface area contributed by atoms with Crippen LogP contribution in [0.1, 0.15) is 54.4 Å². The van der Waals surface area contributed by atoms with E-state index in [1.807, 2.05) is 66.2 Å². The van der Waals surface area contributed by atoms with Crippen LogP contribution in [0.2, 0.25) is 0 Å². The molecule has 5 aliphatic heterocycles. The molecule has 4 aromatic rings. The lowest BCUT2D eigenvalue weighted by atomic mass is 9.78. The number of amides is 4. The normalized spacial score (nSPS) is 22.7. The molecule has 7 aliphatic rings. The molecule has 6 atom stereocenters. The standard InChI is InChI=1S/C22H24BrClFIN4O3S.C22H23BrFIN4O3S/c1-22(2,3)33-21(32)30-8-9-5-12(30)16(9)28-18-10-6-11(26)14(23)15(25)17(10)29-20(34-4)19(18)27-13(31)7-24;1-22(2,3)32-21(31)28-7-9-5-12(28)18(9)29-8-13(30)26-17-19(29)10-6-11(25)14(23)15(24)16(10)27-20(17)33-4/h6,9,12,16H,5,7-8H2,1-4H3,(H,27,31)(H,28,29);6,9,12,18H,5,7-8H2,1-4H3,(H,26,30). The minimum Gasteiger partial charge on any atom is -0.444 e. The fourth-order valence-corrected chi connectivity index (χ4v) is 12.3. The summed E-state index contributed by atoms with van der Waals surface area (Å²) >= 11 is 19.2. The molecule has 4 bridgehead atoms. The number of rotatable bonds is 7. The summed E-state index contributed by atoms with van der Waals surface area (Å²) in [5, 5.41) is 11.6. The number of benzene rings is 2. The highest BCUT2D eigenvalue weighted by Crippen LogP contribution is 2.52. The van der Waals surface area contributed by atoms with Gasteiger partial charge in [0.05, 0.1) is 62.4 Å². The molecule has 67 heavy (non-hydrogen) atoms. The number of halogens is 7. The molecule has 3 N–H and O–H groups in total. The van der Waals surface area contributed by atoms with E-state index in [2.05, 4.69) is 108 Å². The van der Waals surface area contributed by atoms with Gasteiger partial charge in [-0.2, -0.15) is 0 Å². The van der Waals surface area contributed by atoms with Crippen LogP contribution in [0.15, 0.2) is 31.1 Å². The number of hydrogen-bond acceptors (Lipinski definition) is 12. The van der Waals surface area contributed by atoms with Crippen molar-refractivity contribution in [2.24, 2.45) is 11.8 Å². The third kappa shape index (κ3) is 9.72. The van der Waals surface area contributed by atoms with Crippen molar-refractivity contribution < 1.29 is 37.4 Å². The Labute approximate surface area is 444 Å². The van der Waals surface area contributed by atoms with Gasteiger partial charge in [-0.1, -0.05) is 0 Å². The number of aromatic nitrogens is 2. The molecule has 2 aromatic heterocycles. The average molecular weight is 1340 g/mol. The minimum atomic E-state index is -0.581. The van der Waals surface area contributed by atoms with Crippen molar-refractivity contribution in [3.05, 3.63) is 39.9 Å². The van der Waals surface area contributed by atoms with Gasteiger partial charge in [0.1, 0.15) is 38.2 Å². The number of nitrogens with zero attached hydrogens (tertiary/aromatic N) is 5. The number of carbonyl (C=O) groups excluding carboxylic acids is 4. The van der Waals surface area contributed by atoms with Crippen LogP contribution >= 0.6 is 112 Å². The lowest BCUT2D eigenvalue weighted by molar-refractivity contribution is -0.115. The summed E-state index contributed by atoms with van der Waals surface area (Å²) in [6, 6.07) is 3.51. The molecular formula is C44H47Br2ClF2I2N8O6S2. The van der Waals surface area contributed by atoms with Gasteiger partial charge in [-0.05, 0) is 156 Å². The van der Waals surface area contributed by atoms with Crippen LogP contribution in [-0.4, -0.2) is 117 Å². The number of carbonyl (C=O) groups is 4. The maximum absolute atomic E-state index is 15.2. The maximum Gasteiger partial charge on any atom is 0.410 e. The Morgan fingerprint density at radius 1 is 0.851 bits per heavy atom. The Kier molecular flexibility index (Phi) is 14.7. The summed E-state index contributed by atoms with van der Waals surface area (Å²) in [4.78, 5) is 65.2. The predicted molar refractivity (Wildman–Crippen MR) is 284 cm³/mol. The minimum absolute atomic E-state index is 0.0352. The van der Waals surface area contributed by atoms with E-state index in [-0.39, 0.29) is 83.5 Å². The van der Waals surface area contributed by atoms with Crippen LogP contribution in [0.3, 0.4) is 0 Å². The van der Waals surface area contributed by atoms with Gasteiger partial charge in [-0.15, -0.1) is 35.1 Å². The Morgan fingerprint density at radius 2 is 1.37 bits per heavy atom. The van der Waals surface area contributed by atoms with Crippen molar-refractivity contribution >= 4 is 181 Å². The predicted octanol–water partition coefficient (Wildman–Crippen LogP) is 11.3. The summed E-state index contributed by atoms with van der Waals surface area (Å²) in [6.07, 6.45) is 4.73. The van der Waals surface area contributed by atoms with Crippen LogP contribution in [0.25, 0.3) is 21.8 Å². The fraction of sp³-hybridized carbons (Fsp3) is 0.500. The highest BCUT2D eigenvalue weighted by Gasteiger charge is 2.58. The first-order valence-electron chi connectivity index (χ1n) is 21.2. The lowest BCUT2D eigenvalue weighted by Crippen LogP contribution is -2.59. The Bertz CT molecular complexity index is 2760. The third-order valence-corrected chi connectivity index (χ3v) is 18.6. The zero-order chi connectivity index (χ0) is 48.8. The van der Waals surface area contributed by atoms with Crippen molar-refractivity contribution in [3.8, 4) is 0 Å². The van der Waals surface area contributed by atoms with E-state index in [1.54, 1.807) is 9.80 Å². The summed E-state index contributed by atoms with van der Waals surface area (Å²) in [5.41, 5.74) is 1.72. The first-order valence-corrected chi connectivity index (χ1v) is 28.0. The van der Waals surface area contributed by atoms with Crippen molar-refractivity contribution in [2.45, 2.75) is 99.8 Å². The zero-order valence-electron chi connectivity index (χ0n) is 37.5. The summed E-state index contributed by atoms with van der Waals surface area (Å²) in [6.45, 7) is 12.4. The van der Waals surface area contributed by atoms with E-state index in [4.69, 9.17) is 21.1 Å². The molecule has 11 rings (SSSR count). The molecule has 6 unspecified atom stereocenters. The number of alkyl halides is 1. The van der Waals surface area contributed by atoms with Crippen molar-refractivity contribution in [1.82, 2.24) is 19.8 Å². The lowest BCUT2D eigenvalue weighted by Gasteiger charge is -2.47. The number of hydrogen-bond donors (Lipinski definition) is 3. The monoisotopic (exact) mass is 1330 g/mol. The molecule has 2 aromatic carbocycles. The molecule has 6 fully saturated rings. The number of pyridine rings is 2. The second-order valence-corrected chi connectivity index (χ2v) is 24.7. The molecule has 23 heteroatoms. The summed E-state index contributed by atoms with van der Waals surface area (Å²) < 4.78 is 43.8. The van der Waals surface area contributed by atoms with Crippen LogP contribution < -0.4 is 20.9 Å². The van der Waals surface area contributed by atoms with Gasteiger partial charge < -0.3 is 40.1 Å². The van der Waals surface area contributed by atoms with Gasteiger partial charge in [0, 0.05) is 42.8 Å². The van der Waals surface area contributed by atoms with Crippen LogP contribution in [0.4, 0.5) is 41.1 Å². The van der Waals surface area contributed by atoms with Gasteiger partial charge >= 0.3 is 12.2 Å². The van der Waals surface area contributed by atoms with Crippen molar-refractivity contribution in [2.75, 3.05) is 58.9 Å².